The van der Waals surface area contributed by atoms with Crippen LogP contribution in [0, 0.1) is 5.92 Å². The van der Waals surface area contributed by atoms with Gasteiger partial charge in [-0.25, -0.2) is 0 Å². The summed E-state index contributed by atoms with van der Waals surface area (Å²) in [6.07, 6.45) is 3.95. The van der Waals surface area contributed by atoms with Crippen LogP contribution in [0.5, 0.6) is 0 Å². The molecular formula is C10H19NO3. The van der Waals surface area contributed by atoms with Gasteiger partial charge in [0.1, 0.15) is 6.10 Å². The molecule has 1 aliphatic heterocycles. The van der Waals surface area contributed by atoms with Crippen LogP contribution in [0.2, 0.25) is 0 Å². The van der Waals surface area contributed by atoms with Gasteiger partial charge in [-0.2, -0.15) is 0 Å². The summed E-state index contributed by atoms with van der Waals surface area (Å²) < 4.78 is 15.9. The predicted octanol–water partition coefficient (Wildman–Crippen LogP) is 0.527. The lowest BCUT2D eigenvalue weighted by atomic mass is 10.1. The average Bonchev–Trinajstić information content (AvgIpc) is 2.58. The second-order valence-electron chi connectivity index (χ2n) is 3.34. The van der Waals surface area contributed by atoms with Crippen LogP contribution in [0.4, 0.5) is 0 Å². The van der Waals surface area contributed by atoms with E-state index in [0.29, 0.717) is 38.9 Å². The number of hydrogen-bond acceptors (Lipinski definition) is 4. The van der Waals surface area contributed by atoms with Gasteiger partial charge in [-0.1, -0.05) is 6.92 Å². The van der Waals surface area contributed by atoms with Crippen molar-refractivity contribution in [1.29, 1.82) is 0 Å². The van der Waals surface area contributed by atoms with E-state index in [2.05, 4.69) is 6.92 Å². The quantitative estimate of drug-likeness (QED) is 0.610. The monoisotopic (exact) mass is 201 g/mol. The molecule has 0 radical (unpaired) electrons. The van der Waals surface area contributed by atoms with Crippen molar-refractivity contribution in [1.82, 2.24) is 0 Å². The third kappa shape index (κ3) is 4.09. The van der Waals surface area contributed by atoms with Crippen molar-refractivity contribution in [3.8, 4) is 0 Å². The Kier molecular flexibility index (Phi) is 5.59. The van der Waals surface area contributed by atoms with Crippen LogP contribution in [0.25, 0.3) is 0 Å². The molecule has 4 heteroatoms. The molecule has 0 saturated heterocycles. The third-order valence-corrected chi connectivity index (χ3v) is 2.14. The zero-order valence-electron chi connectivity index (χ0n) is 8.65. The van der Waals surface area contributed by atoms with Crippen LogP contribution in [0.1, 0.15) is 6.92 Å². The lowest BCUT2D eigenvalue weighted by molar-refractivity contribution is -0.00298. The maximum Gasteiger partial charge on any atom is 0.127 e. The minimum absolute atomic E-state index is 0.171. The first-order valence-corrected chi connectivity index (χ1v) is 5.02. The lowest BCUT2D eigenvalue weighted by Crippen LogP contribution is -2.22. The van der Waals surface area contributed by atoms with Gasteiger partial charge < -0.3 is 19.9 Å². The SMILES string of the molecule is CC1C=COC1COCCOCCN. The van der Waals surface area contributed by atoms with Gasteiger partial charge in [-0.15, -0.1) is 0 Å². The Morgan fingerprint density at radius 2 is 2.07 bits per heavy atom. The maximum absolute atomic E-state index is 5.40. The Labute approximate surface area is 85.0 Å². The molecular weight excluding hydrogens is 182 g/mol. The highest BCUT2D eigenvalue weighted by atomic mass is 16.5. The van der Waals surface area contributed by atoms with Crippen LogP contribution >= 0.6 is 0 Å². The molecule has 0 aromatic heterocycles. The summed E-state index contributed by atoms with van der Waals surface area (Å²) in [5.41, 5.74) is 5.27. The highest BCUT2D eigenvalue weighted by molar-refractivity contribution is 4.92. The first kappa shape index (κ1) is 11.5. The lowest BCUT2D eigenvalue weighted by Gasteiger charge is -2.15. The Bertz CT molecular complexity index is 173. The van der Waals surface area contributed by atoms with Crippen LogP contribution in [0.3, 0.4) is 0 Å². The van der Waals surface area contributed by atoms with E-state index in [9.17, 15) is 0 Å². The Balaban J connectivity index is 1.89. The summed E-state index contributed by atoms with van der Waals surface area (Å²) in [5.74, 6) is 0.444. The summed E-state index contributed by atoms with van der Waals surface area (Å²) in [6.45, 7) is 5.11. The van der Waals surface area contributed by atoms with Crippen LogP contribution < -0.4 is 5.73 Å². The Morgan fingerprint density at radius 1 is 1.29 bits per heavy atom. The summed E-state index contributed by atoms with van der Waals surface area (Å²) in [6, 6.07) is 0. The first-order valence-electron chi connectivity index (χ1n) is 5.02. The molecule has 1 rings (SSSR count). The normalized spacial score (nSPS) is 25.3. The van der Waals surface area contributed by atoms with E-state index in [-0.39, 0.29) is 6.10 Å². The summed E-state index contributed by atoms with van der Waals surface area (Å²) in [7, 11) is 0. The molecule has 0 bridgehead atoms. The molecule has 0 amide bonds. The van der Waals surface area contributed by atoms with E-state index in [1.54, 1.807) is 6.26 Å². The van der Waals surface area contributed by atoms with E-state index < -0.39 is 0 Å². The second-order valence-corrected chi connectivity index (χ2v) is 3.34. The molecule has 0 aromatic carbocycles. The van der Waals surface area contributed by atoms with Crippen LogP contribution in [-0.2, 0) is 14.2 Å². The summed E-state index contributed by atoms with van der Waals surface area (Å²) >= 11 is 0. The Hall–Kier alpha value is -0.580. The smallest absolute Gasteiger partial charge is 0.127 e. The van der Waals surface area contributed by atoms with E-state index in [4.69, 9.17) is 19.9 Å². The third-order valence-electron chi connectivity index (χ3n) is 2.14. The van der Waals surface area contributed by atoms with Gasteiger partial charge in [-0.3, -0.25) is 0 Å². The van der Waals surface area contributed by atoms with E-state index in [1.807, 2.05) is 6.08 Å². The second kappa shape index (κ2) is 6.81. The van der Waals surface area contributed by atoms with Crippen molar-refractivity contribution in [2.45, 2.75) is 13.0 Å². The van der Waals surface area contributed by atoms with Crippen LogP contribution in [-0.4, -0.2) is 39.1 Å². The standard InChI is InChI=1S/C10H19NO3/c1-9-2-4-14-10(9)8-13-7-6-12-5-3-11/h2,4,9-10H,3,5-8,11H2,1H3. The minimum Gasteiger partial charge on any atom is -0.495 e. The van der Waals surface area contributed by atoms with Crippen molar-refractivity contribution in [2.75, 3.05) is 33.0 Å². The number of hydrogen-bond donors (Lipinski definition) is 1. The van der Waals surface area contributed by atoms with Gasteiger partial charge in [0.15, 0.2) is 0 Å². The fourth-order valence-corrected chi connectivity index (χ4v) is 1.21. The maximum atomic E-state index is 5.40. The molecule has 1 aliphatic rings. The van der Waals surface area contributed by atoms with E-state index in [1.165, 1.54) is 0 Å². The molecule has 2 unspecified atom stereocenters. The molecule has 2 atom stereocenters. The van der Waals surface area contributed by atoms with Gasteiger partial charge in [0.25, 0.3) is 0 Å². The van der Waals surface area contributed by atoms with Gasteiger partial charge in [-0.05, 0) is 6.08 Å². The molecule has 14 heavy (non-hydrogen) atoms. The molecule has 0 aromatic rings. The number of nitrogens with two attached hydrogens (primary N) is 1. The van der Waals surface area contributed by atoms with Gasteiger partial charge >= 0.3 is 0 Å². The predicted molar refractivity (Wildman–Crippen MR) is 53.9 cm³/mol. The highest BCUT2D eigenvalue weighted by Crippen LogP contribution is 2.16. The van der Waals surface area contributed by atoms with Crippen LogP contribution in [0.15, 0.2) is 12.3 Å². The number of ether oxygens (including phenoxy) is 3. The van der Waals surface area contributed by atoms with Crippen molar-refractivity contribution in [2.24, 2.45) is 11.7 Å². The zero-order valence-corrected chi connectivity index (χ0v) is 8.65. The fraction of sp³-hybridized carbons (Fsp3) is 0.800. The largest absolute Gasteiger partial charge is 0.495 e. The van der Waals surface area contributed by atoms with Gasteiger partial charge in [0.2, 0.25) is 0 Å². The molecule has 1 heterocycles. The minimum atomic E-state index is 0.171. The van der Waals surface area contributed by atoms with Crippen molar-refractivity contribution in [3.05, 3.63) is 12.3 Å². The highest BCUT2D eigenvalue weighted by Gasteiger charge is 2.19. The van der Waals surface area contributed by atoms with Crippen molar-refractivity contribution < 1.29 is 14.2 Å². The zero-order chi connectivity index (χ0) is 10.2. The molecule has 0 fully saturated rings. The molecule has 0 saturated carbocycles. The molecule has 0 spiro atoms. The molecule has 0 aliphatic carbocycles. The number of rotatable bonds is 7. The molecule has 82 valence electrons. The average molecular weight is 201 g/mol. The molecule has 2 N–H and O–H groups in total. The van der Waals surface area contributed by atoms with E-state index in [0.717, 1.165) is 0 Å². The first-order chi connectivity index (χ1) is 6.84. The summed E-state index contributed by atoms with van der Waals surface area (Å²) in [5, 5.41) is 0. The Morgan fingerprint density at radius 3 is 2.71 bits per heavy atom. The van der Waals surface area contributed by atoms with Crippen molar-refractivity contribution >= 4 is 0 Å². The van der Waals surface area contributed by atoms with Gasteiger partial charge in [0, 0.05) is 12.5 Å². The van der Waals surface area contributed by atoms with E-state index >= 15 is 0 Å². The van der Waals surface area contributed by atoms with Crippen molar-refractivity contribution in [3.63, 3.8) is 0 Å². The molecule has 4 nitrogen and oxygen atoms in total. The topological polar surface area (TPSA) is 53.7 Å². The fourth-order valence-electron chi connectivity index (χ4n) is 1.21. The summed E-state index contributed by atoms with van der Waals surface area (Å²) in [4.78, 5) is 0. The van der Waals surface area contributed by atoms with Gasteiger partial charge in [0.05, 0.1) is 32.7 Å².